The van der Waals surface area contributed by atoms with Crippen LogP contribution in [0.25, 0.3) is 69.2 Å². The second kappa shape index (κ2) is 6.69. The van der Waals surface area contributed by atoms with Crippen LogP contribution in [0.1, 0.15) is 0 Å². The number of para-hydroxylation sites is 1. The van der Waals surface area contributed by atoms with Gasteiger partial charge >= 0.3 is 0 Å². The third kappa shape index (κ3) is 2.33. The maximum atomic E-state index is 2.50. The van der Waals surface area contributed by atoms with Crippen LogP contribution in [0, 0.1) is 0 Å². The lowest BCUT2D eigenvalue weighted by Gasteiger charge is -2.15. The molecule has 6 aromatic carbocycles. The van der Waals surface area contributed by atoms with E-state index >= 15 is 0 Å². The molecule has 158 valence electrons. The molecule has 0 spiro atoms. The third-order valence-electron chi connectivity index (χ3n) is 7.14. The van der Waals surface area contributed by atoms with Crippen molar-refractivity contribution in [3.8, 4) is 5.69 Å². The van der Waals surface area contributed by atoms with Crippen molar-refractivity contribution in [2.24, 2.45) is 0 Å². The monoisotopic (exact) mass is 449 g/mol. The van der Waals surface area contributed by atoms with Gasteiger partial charge in [0.05, 0.1) is 16.7 Å². The Bertz CT molecular complexity index is 2020. The van der Waals surface area contributed by atoms with Crippen LogP contribution < -0.4 is 0 Å². The van der Waals surface area contributed by atoms with Crippen LogP contribution in [0.15, 0.2) is 115 Å². The van der Waals surface area contributed by atoms with Crippen LogP contribution in [-0.4, -0.2) is 4.57 Å². The van der Waals surface area contributed by atoms with E-state index < -0.39 is 0 Å². The van der Waals surface area contributed by atoms with Crippen LogP contribution in [0.2, 0.25) is 0 Å². The van der Waals surface area contributed by atoms with Gasteiger partial charge in [0.25, 0.3) is 0 Å². The first-order chi connectivity index (χ1) is 16.9. The van der Waals surface area contributed by atoms with Gasteiger partial charge in [-0.1, -0.05) is 84.9 Å². The summed E-state index contributed by atoms with van der Waals surface area (Å²) in [5.74, 6) is 0. The lowest BCUT2D eigenvalue weighted by atomic mass is 10.0. The topological polar surface area (TPSA) is 4.93 Å². The zero-order chi connectivity index (χ0) is 22.2. The van der Waals surface area contributed by atoms with Crippen molar-refractivity contribution in [1.29, 1.82) is 0 Å². The molecule has 1 nitrogen and oxygen atoms in total. The van der Waals surface area contributed by atoms with Crippen molar-refractivity contribution in [2.45, 2.75) is 0 Å². The Balaban J connectivity index is 1.68. The second-order valence-electron chi connectivity index (χ2n) is 8.95. The molecular weight excluding hydrogens is 430 g/mol. The molecule has 0 aliphatic carbocycles. The molecule has 0 atom stereocenters. The van der Waals surface area contributed by atoms with E-state index in [0.29, 0.717) is 0 Å². The lowest BCUT2D eigenvalue weighted by molar-refractivity contribution is 1.21. The van der Waals surface area contributed by atoms with E-state index in [0.717, 1.165) is 0 Å². The van der Waals surface area contributed by atoms with Gasteiger partial charge in [0.15, 0.2) is 0 Å². The zero-order valence-electron chi connectivity index (χ0n) is 18.3. The number of hydrogen-bond donors (Lipinski definition) is 0. The highest BCUT2D eigenvalue weighted by atomic mass is 32.1. The van der Waals surface area contributed by atoms with E-state index in [2.05, 4.69) is 120 Å². The largest absolute Gasteiger partial charge is 0.308 e. The van der Waals surface area contributed by atoms with E-state index in [1.165, 1.54) is 69.2 Å². The fraction of sp³-hybridized carbons (Fsp3) is 0. The molecule has 0 bridgehead atoms. The molecule has 0 saturated carbocycles. The Morgan fingerprint density at radius 1 is 0.441 bits per heavy atom. The van der Waals surface area contributed by atoms with E-state index in [1.807, 2.05) is 11.3 Å². The Morgan fingerprint density at radius 2 is 1.06 bits per heavy atom. The molecule has 2 heterocycles. The van der Waals surface area contributed by atoms with Crippen LogP contribution in [0.4, 0.5) is 0 Å². The van der Waals surface area contributed by atoms with Gasteiger partial charge in [-0.3, -0.25) is 0 Å². The lowest BCUT2D eigenvalue weighted by Crippen LogP contribution is -1.97. The maximum Gasteiger partial charge on any atom is 0.0618 e. The minimum absolute atomic E-state index is 1.25. The average molecular weight is 450 g/mol. The molecule has 8 rings (SSSR count). The number of hydrogen-bond acceptors (Lipinski definition) is 1. The fourth-order valence-electron chi connectivity index (χ4n) is 5.75. The minimum atomic E-state index is 1.25. The van der Waals surface area contributed by atoms with Gasteiger partial charge in [0.1, 0.15) is 0 Å². The zero-order valence-corrected chi connectivity index (χ0v) is 19.1. The van der Waals surface area contributed by atoms with Gasteiger partial charge in [0.2, 0.25) is 0 Å². The molecular formula is C32H19NS. The summed E-state index contributed by atoms with van der Waals surface area (Å²) in [6.45, 7) is 0. The summed E-state index contributed by atoms with van der Waals surface area (Å²) in [6.07, 6.45) is 0. The summed E-state index contributed by atoms with van der Waals surface area (Å²) >= 11 is 1.89. The minimum Gasteiger partial charge on any atom is -0.308 e. The molecule has 34 heavy (non-hydrogen) atoms. The van der Waals surface area contributed by atoms with Crippen molar-refractivity contribution in [3.63, 3.8) is 0 Å². The first kappa shape index (κ1) is 18.3. The molecule has 2 aromatic heterocycles. The normalized spacial score (nSPS) is 12.1. The average Bonchev–Trinajstić information content (AvgIpc) is 3.43. The fourth-order valence-corrected chi connectivity index (χ4v) is 6.86. The van der Waals surface area contributed by atoms with Crippen LogP contribution in [-0.2, 0) is 0 Å². The van der Waals surface area contributed by atoms with Crippen LogP contribution in [0.5, 0.6) is 0 Å². The maximum absolute atomic E-state index is 2.50. The highest BCUT2D eigenvalue weighted by Gasteiger charge is 2.19. The highest BCUT2D eigenvalue weighted by Crippen LogP contribution is 2.44. The SMILES string of the molecule is c1ccc2c(-n3c4ccccc4c4c5c(ccc43)sc3ccccc35)c3ccccc3cc2c1. The Morgan fingerprint density at radius 3 is 1.82 bits per heavy atom. The molecule has 0 N–H and O–H groups in total. The molecule has 0 aliphatic heterocycles. The van der Waals surface area contributed by atoms with Crippen molar-refractivity contribution in [3.05, 3.63) is 115 Å². The van der Waals surface area contributed by atoms with Crippen molar-refractivity contribution < 1.29 is 0 Å². The first-order valence-corrected chi connectivity index (χ1v) is 12.4. The number of rotatable bonds is 1. The van der Waals surface area contributed by atoms with Crippen molar-refractivity contribution in [1.82, 2.24) is 4.57 Å². The van der Waals surface area contributed by atoms with Gasteiger partial charge in [-0.2, -0.15) is 0 Å². The number of thiophene rings is 1. The second-order valence-corrected chi connectivity index (χ2v) is 10.0. The number of benzene rings is 6. The molecule has 0 aliphatic rings. The Kier molecular flexibility index (Phi) is 3.60. The van der Waals surface area contributed by atoms with E-state index in [4.69, 9.17) is 0 Å². The predicted molar refractivity (Wildman–Crippen MR) is 149 cm³/mol. The van der Waals surface area contributed by atoms with Crippen LogP contribution >= 0.6 is 11.3 Å². The quantitative estimate of drug-likeness (QED) is 0.220. The van der Waals surface area contributed by atoms with E-state index in [9.17, 15) is 0 Å². The van der Waals surface area contributed by atoms with Gasteiger partial charge < -0.3 is 4.57 Å². The predicted octanol–water partition coefficient (Wildman–Crippen LogP) is 9.46. The molecule has 2 heteroatoms. The van der Waals surface area contributed by atoms with Crippen molar-refractivity contribution >= 4 is 74.9 Å². The summed E-state index contributed by atoms with van der Waals surface area (Å²) in [7, 11) is 0. The summed E-state index contributed by atoms with van der Waals surface area (Å²) in [5, 5.41) is 10.5. The highest BCUT2D eigenvalue weighted by molar-refractivity contribution is 7.26. The smallest absolute Gasteiger partial charge is 0.0618 e. The van der Waals surface area contributed by atoms with Gasteiger partial charge in [-0.05, 0) is 41.1 Å². The van der Waals surface area contributed by atoms with Gasteiger partial charge in [-0.15, -0.1) is 11.3 Å². The molecule has 0 unspecified atom stereocenters. The van der Waals surface area contributed by atoms with Gasteiger partial charge in [0, 0.05) is 41.7 Å². The molecule has 0 radical (unpaired) electrons. The number of fused-ring (bicyclic) bond motifs is 9. The summed E-state index contributed by atoms with van der Waals surface area (Å²) in [6, 6.07) is 42.2. The summed E-state index contributed by atoms with van der Waals surface area (Å²) in [4.78, 5) is 0. The number of aromatic nitrogens is 1. The van der Waals surface area contributed by atoms with Crippen LogP contribution in [0.3, 0.4) is 0 Å². The standard InChI is InChI=1S/C32H19NS/c1-3-11-22-20(9-1)19-21-10-2-4-12-23(21)32(22)33-26-15-7-5-13-24(26)30-27(33)17-18-29-31(30)25-14-6-8-16-28(25)34-29/h1-19H. The summed E-state index contributed by atoms with van der Waals surface area (Å²) in [5.41, 5.74) is 3.78. The number of nitrogens with zero attached hydrogens (tertiary/aromatic N) is 1. The van der Waals surface area contributed by atoms with Gasteiger partial charge in [-0.25, -0.2) is 0 Å². The first-order valence-electron chi connectivity index (χ1n) is 11.6. The van der Waals surface area contributed by atoms with Crippen molar-refractivity contribution in [2.75, 3.05) is 0 Å². The Hall–Kier alpha value is -4.14. The van der Waals surface area contributed by atoms with E-state index in [1.54, 1.807) is 0 Å². The Labute approximate surface area is 200 Å². The molecule has 0 amide bonds. The third-order valence-corrected chi connectivity index (χ3v) is 8.28. The molecule has 0 fully saturated rings. The molecule has 0 saturated heterocycles. The summed E-state index contributed by atoms with van der Waals surface area (Å²) < 4.78 is 5.19. The van der Waals surface area contributed by atoms with E-state index in [-0.39, 0.29) is 0 Å². The molecule has 8 aromatic rings.